The van der Waals surface area contributed by atoms with Crippen molar-refractivity contribution in [2.45, 2.75) is 26.9 Å². The molecule has 9 nitrogen and oxygen atoms in total. The van der Waals surface area contributed by atoms with Gasteiger partial charge in [0.05, 0.1) is 7.11 Å². The maximum Gasteiger partial charge on any atom is 0.492 e. The zero-order valence-corrected chi connectivity index (χ0v) is 17.6. The van der Waals surface area contributed by atoms with Gasteiger partial charge in [-0.2, -0.15) is 13.2 Å². The number of aryl methyl sites for hydroxylation is 1. The number of pyridine rings is 1. The number of hydrogen-bond acceptors (Lipinski definition) is 9. The van der Waals surface area contributed by atoms with Gasteiger partial charge in [-0.3, -0.25) is 9.59 Å². The lowest BCUT2D eigenvalue weighted by molar-refractivity contribution is -0.156. The predicted octanol–water partition coefficient (Wildman–Crippen LogP) is -0.440. The summed E-state index contributed by atoms with van der Waals surface area (Å²) in [5.41, 5.74) is -0.872. The van der Waals surface area contributed by atoms with E-state index in [0.717, 1.165) is 0 Å². The fourth-order valence-corrected chi connectivity index (χ4v) is 2.07. The summed E-state index contributed by atoms with van der Waals surface area (Å²) < 4.78 is 45.4. The van der Waals surface area contributed by atoms with Crippen molar-refractivity contribution in [3.8, 4) is 5.75 Å². The topological polar surface area (TPSA) is 146 Å². The number of hydrogen-bond donors (Lipinski definition) is 4. The Kier molecular flexibility index (Phi) is 12.2. The second kappa shape index (κ2) is 13.5. The van der Waals surface area contributed by atoms with Crippen LogP contribution in [0.2, 0.25) is 0 Å². The van der Waals surface area contributed by atoms with Crippen LogP contribution >= 0.6 is 0 Å². The van der Waals surface area contributed by atoms with E-state index in [0.29, 0.717) is 17.3 Å². The van der Waals surface area contributed by atoms with Crippen molar-refractivity contribution in [3.05, 3.63) is 47.8 Å². The molecule has 0 aliphatic heterocycles. The summed E-state index contributed by atoms with van der Waals surface area (Å²) in [5.74, 6) is -0.637. The van der Waals surface area contributed by atoms with E-state index in [1.165, 1.54) is 33.9 Å². The number of para-hydroxylation sites is 1. The van der Waals surface area contributed by atoms with Gasteiger partial charge in [0.15, 0.2) is 0 Å². The molecule has 0 amide bonds. The zero-order valence-electron chi connectivity index (χ0n) is 17.6. The highest BCUT2D eigenvalue weighted by Crippen LogP contribution is 2.26. The quantitative estimate of drug-likeness (QED) is 0.273. The van der Waals surface area contributed by atoms with Crippen molar-refractivity contribution >= 4 is 37.1 Å². The third-order valence-electron chi connectivity index (χ3n) is 3.27. The molecule has 0 bridgehead atoms. The second-order valence-corrected chi connectivity index (χ2v) is 6.00. The first-order valence-corrected chi connectivity index (χ1v) is 8.79. The first-order chi connectivity index (χ1) is 14.7. The molecule has 0 atom stereocenters. The summed E-state index contributed by atoms with van der Waals surface area (Å²) in [4.78, 5) is 22.9. The predicted molar refractivity (Wildman–Crippen MR) is 109 cm³/mol. The number of methoxy groups -OCH3 is 1. The Morgan fingerprint density at radius 3 is 1.84 bits per heavy atom. The van der Waals surface area contributed by atoms with E-state index in [1.54, 1.807) is 24.3 Å². The first-order valence-electron chi connectivity index (χ1n) is 8.79. The highest BCUT2D eigenvalue weighted by molar-refractivity contribution is 6.59. The number of halogens is 3. The van der Waals surface area contributed by atoms with Crippen LogP contribution < -0.4 is 15.7 Å². The van der Waals surface area contributed by atoms with Crippen LogP contribution in [0, 0.1) is 6.92 Å². The molecule has 1 aromatic heterocycles. The van der Waals surface area contributed by atoms with E-state index >= 15 is 0 Å². The molecule has 1 aromatic carbocycles. The van der Waals surface area contributed by atoms with Gasteiger partial charge in [0, 0.05) is 25.0 Å². The number of alkyl halides is 3. The lowest BCUT2D eigenvalue weighted by Crippen LogP contribution is -2.31. The van der Waals surface area contributed by atoms with E-state index in [4.69, 9.17) is 24.8 Å². The highest BCUT2D eigenvalue weighted by atomic mass is 19.4. The summed E-state index contributed by atoms with van der Waals surface area (Å²) >= 11 is 0. The molecule has 0 unspecified atom stereocenters. The molecule has 0 aliphatic rings. The van der Waals surface area contributed by atoms with E-state index in [9.17, 15) is 22.8 Å². The lowest BCUT2D eigenvalue weighted by atomic mass is 9.80. The smallest absolute Gasteiger partial charge is 0.492 e. The lowest BCUT2D eigenvalue weighted by Gasteiger charge is -2.08. The van der Waals surface area contributed by atoms with Crippen molar-refractivity contribution in [1.29, 1.82) is 0 Å². The van der Waals surface area contributed by atoms with Crippen LogP contribution in [0.15, 0.2) is 36.4 Å². The van der Waals surface area contributed by atoms with Crippen LogP contribution in [-0.2, 0) is 20.5 Å². The molecule has 174 valence electrons. The Balaban J connectivity index is 0.000000478. The Labute approximate surface area is 182 Å². The van der Waals surface area contributed by atoms with E-state index < -0.39 is 38.0 Å². The summed E-state index contributed by atoms with van der Waals surface area (Å²) in [6.45, 7) is 3.71. The van der Waals surface area contributed by atoms with Crippen molar-refractivity contribution in [3.63, 3.8) is 0 Å². The zero-order chi connectivity index (χ0) is 25.1. The van der Waals surface area contributed by atoms with Crippen molar-refractivity contribution in [2.75, 3.05) is 7.11 Å². The second-order valence-electron chi connectivity index (χ2n) is 6.00. The van der Waals surface area contributed by atoms with Crippen LogP contribution in [0.5, 0.6) is 5.75 Å². The summed E-state index contributed by atoms with van der Waals surface area (Å²) in [6.07, 6.45) is -4.57. The average Bonchev–Trinajstić information content (AvgIpc) is 2.66. The Morgan fingerprint density at radius 1 is 0.969 bits per heavy atom. The molecule has 0 radical (unpaired) electrons. The van der Waals surface area contributed by atoms with Gasteiger partial charge in [-0.25, -0.2) is 4.98 Å². The molecule has 0 aliphatic carbocycles. The maximum atomic E-state index is 12.2. The first kappa shape index (κ1) is 29.1. The Hall–Kier alpha value is -2.93. The fraction of sp³-hybridized carbons (Fsp3) is 0.278. The number of aromatic nitrogens is 1. The molecular formula is C18H22B2F3NO8. The van der Waals surface area contributed by atoms with Crippen LogP contribution in [0.4, 0.5) is 13.2 Å². The third-order valence-corrected chi connectivity index (χ3v) is 3.27. The van der Waals surface area contributed by atoms with E-state index in [2.05, 4.69) is 9.72 Å². The van der Waals surface area contributed by atoms with Crippen molar-refractivity contribution < 1.29 is 52.3 Å². The molecule has 0 fully saturated rings. The number of nitrogens with zero attached hydrogens (tertiary/aromatic N) is 1. The van der Waals surface area contributed by atoms with Gasteiger partial charge in [0.2, 0.25) is 0 Å². The molecule has 2 rings (SSSR count). The normalized spacial score (nSPS) is 9.97. The number of esters is 2. The van der Waals surface area contributed by atoms with Gasteiger partial charge in [-0.1, -0.05) is 18.2 Å². The largest absolute Gasteiger partial charge is 0.497 e. The van der Waals surface area contributed by atoms with Crippen LogP contribution in [0.1, 0.15) is 25.2 Å². The third kappa shape index (κ3) is 11.5. The van der Waals surface area contributed by atoms with Gasteiger partial charge >= 0.3 is 32.4 Å². The fourth-order valence-electron chi connectivity index (χ4n) is 2.07. The van der Waals surface area contributed by atoms with Gasteiger partial charge in [0.1, 0.15) is 11.4 Å². The minimum Gasteiger partial charge on any atom is -0.497 e. The molecule has 14 heteroatoms. The monoisotopic (exact) mass is 459 g/mol. The van der Waals surface area contributed by atoms with Gasteiger partial charge in [0.25, 0.3) is 0 Å². The van der Waals surface area contributed by atoms with Gasteiger partial charge < -0.3 is 29.6 Å². The van der Waals surface area contributed by atoms with Crippen LogP contribution in [0.3, 0.4) is 0 Å². The molecule has 4 N–H and O–H groups in total. The summed E-state index contributed by atoms with van der Waals surface area (Å²) in [6, 6.07) is 8.55. The molecule has 0 saturated carbocycles. The maximum absolute atomic E-state index is 12.2. The molecular weight excluding hydrogens is 437 g/mol. The standard InChI is InChI=1S/C7H7BF3NO2.C7H9BO3.C4H6O3/c1-4-2-5(8(13)14)3-6(12-4)7(9,10)11;1-11-7-5-3-2-4-6(7)8(9)10;1-3(5)7-4(2)6/h2-3,13-14H,1H3;2-5,9-10H,1H3;1-2H3. The molecule has 1 heterocycles. The van der Waals surface area contributed by atoms with Gasteiger partial charge in [-0.15, -0.1) is 0 Å². The molecule has 0 spiro atoms. The Bertz CT molecular complexity index is 883. The number of benzene rings is 1. The molecule has 2 aromatic rings. The number of rotatable bonds is 3. The van der Waals surface area contributed by atoms with E-state index in [1.807, 2.05) is 0 Å². The van der Waals surface area contributed by atoms with E-state index in [-0.39, 0.29) is 11.2 Å². The number of ether oxygens (including phenoxy) is 2. The van der Waals surface area contributed by atoms with Gasteiger partial charge in [-0.05, 0) is 30.6 Å². The molecule has 0 saturated heterocycles. The number of carbonyl (C=O) groups is 2. The molecule has 32 heavy (non-hydrogen) atoms. The minimum atomic E-state index is -4.57. The number of carbonyl (C=O) groups excluding carboxylic acids is 2. The van der Waals surface area contributed by atoms with Crippen LogP contribution in [-0.4, -0.2) is 58.4 Å². The summed E-state index contributed by atoms with van der Waals surface area (Å²) in [7, 11) is -1.90. The summed E-state index contributed by atoms with van der Waals surface area (Å²) in [5, 5.41) is 35.0. The minimum absolute atomic E-state index is 0.0860. The van der Waals surface area contributed by atoms with Crippen molar-refractivity contribution in [1.82, 2.24) is 4.98 Å². The van der Waals surface area contributed by atoms with Crippen LogP contribution in [0.25, 0.3) is 0 Å². The SMILES string of the molecule is CC(=O)OC(C)=O.COc1ccccc1B(O)O.Cc1cc(B(O)O)cc(C(F)(F)F)n1. The Morgan fingerprint density at radius 2 is 1.50 bits per heavy atom. The average molecular weight is 459 g/mol. The highest BCUT2D eigenvalue weighted by Gasteiger charge is 2.33. The van der Waals surface area contributed by atoms with Crippen molar-refractivity contribution in [2.24, 2.45) is 0 Å².